The Morgan fingerprint density at radius 3 is 2.10 bits per heavy atom. The van der Waals surface area contributed by atoms with Crippen LogP contribution in [0.4, 0.5) is 18.9 Å². The Labute approximate surface area is 237 Å². The van der Waals surface area contributed by atoms with E-state index < -0.39 is 12.1 Å². The third-order valence-corrected chi connectivity index (χ3v) is 6.26. The first-order valence-electron chi connectivity index (χ1n) is 13.2. The molecule has 1 saturated heterocycles. The Morgan fingerprint density at radius 2 is 1.49 bits per heavy atom. The van der Waals surface area contributed by atoms with Crippen LogP contribution in [0.15, 0.2) is 72.8 Å². The summed E-state index contributed by atoms with van der Waals surface area (Å²) >= 11 is 0. The van der Waals surface area contributed by atoms with Crippen molar-refractivity contribution in [2.45, 2.75) is 32.6 Å². The molecule has 1 aliphatic rings. The lowest BCUT2D eigenvalue weighted by Crippen LogP contribution is -2.30. The molecule has 1 heterocycles. The van der Waals surface area contributed by atoms with Crippen molar-refractivity contribution in [2.24, 2.45) is 0 Å². The monoisotopic (exact) mass is 573 g/mol. The number of nitrogens with zero attached hydrogens (tertiary/aromatic N) is 2. The van der Waals surface area contributed by atoms with Crippen LogP contribution in [-0.4, -0.2) is 70.9 Å². The highest BCUT2D eigenvalue weighted by atomic mass is 19.4. The van der Waals surface area contributed by atoms with E-state index in [0.717, 1.165) is 51.4 Å². The number of aliphatic carboxylic acids is 1. The Hall–Kier alpha value is -4.09. The van der Waals surface area contributed by atoms with Gasteiger partial charge in [0.15, 0.2) is 0 Å². The van der Waals surface area contributed by atoms with Gasteiger partial charge in [-0.15, -0.1) is 0 Å². The first-order valence-corrected chi connectivity index (χ1v) is 13.2. The lowest BCUT2D eigenvalue weighted by atomic mass is 10.1. The first kappa shape index (κ1) is 31.4. The molecule has 1 fully saturated rings. The number of halogens is 3. The summed E-state index contributed by atoms with van der Waals surface area (Å²) in [4.78, 5) is 26.6. The quantitative estimate of drug-likeness (QED) is 0.332. The van der Waals surface area contributed by atoms with E-state index in [1.165, 1.54) is 11.1 Å². The fourth-order valence-corrected chi connectivity index (χ4v) is 4.30. The van der Waals surface area contributed by atoms with Crippen LogP contribution in [0, 0.1) is 0 Å². The van der Waals surface area contributed by atoms with Crippen LogP contribution in [-0.2, 0) is 17.9 Å². The fourth-order valence-electron chi connectivity index (χ4n) is 4.30. The third kappa shape index (κ3) is 10.8. The molecule has 8 nitrogen and oxygen atoms in total. The number of benzene rings is 3. The van der Waals surface area contributed by atoms with Crippen LogP contribution in [0.2, 0.25) is 0 Å². The van der Waals surface area contributed by atoms with Crippen molar-refractivity contribution < 1.29 is 37.7 Å². The van der Waals surface area contributed by atoms with Gasteiger partial charge in [-0.1, -0.05) is 30.3 Å². The molecule has 0 atom stereocenters. The van der Waals surface area contributed by atoms with Gasteiger partial charge < -0.3 is 20.3 Å². The number of aromatic hydroxyl groups is 1. The summed E-state index contributed by atoms with van der Waals surface area (Å²) < 4.78 is 37.2. The molecular weight excluding hydrogens is 539 g/mol. The van der Waals surface area contributed by atoms with Crippen molar-refractivity contribution >= 4 is 17.6 Å². The molecule has 0 saturated carbocycles. The van der Waals surface area contributed by atoms with Crippen molar-refractivity contribution in [3.05, 3.63) is 89.5 Å². The smallest absolute Gasteiger partial charge is 0.490 e. The molecule has 1 amide bonds. The van der Waals surface area contributed by atoms with E-state index >= 15 is 0 Å². The topological polar surface area (TPSA) is 102 Å². The SMILES string of the molecule is CCOc1cccc(C(=O)Nc2cccc(CN3CCCN(Cc4ccc(O)cc4)CC3)c2)c1.O=C(O)C(F)(F)F. The van der Waals surface area contributed by atoms with Crippen molar-refractivity contribution in [3.63, 3.8) is 0 Å². The summed E-state index contributed by atoms with van der Waals surface area (Å²) in [6, 6.07) is 22.8. The molecule has 0 unspecified atom stereocenters. The predicted molar refractivity (Wildman–Crippen MR) is 149 cm³/mol. The highest BCUT2D eigenvalue weighted by Gasteiger charge is 2.38. The van der Waals surface area contributed by atoms with Gasteiger partial charge in [0.2, 0.25) is 0 Å². The van der Waals surface area contributed by atoms with Crippen LogP contribution >= 0.6 is 0 Å². The van der Waals surface area contributed by atoms with E-state index in [1.807, 2.05) is 43.3 Å². The molecule has 1 aliphatic heterocycles. The van der Waals surface area contributed by atoms with E-state index in [1.54, 1.807) is 24.3 Å². The molecule has 3 aromatic rings. The highest BCUT2D eigenvalue weighted by molar-refractivity contribution is 6.04. The lowest BCUT2D eigenvalue weighted by Gasteiger charge is -2.22. The van der Waals surface area contributed by atoms with E-state index in [-0.39, 0.29) is 5.91 Å². The van der Waals surface area contributed by atoms with E-state index in [2.05, 4.69) is 27.2 Å². The van der Waals surface area contributed by atoms with Crippen molar-refractivity contribution in [1.29, 1.82) is 0 Å². The molecule has 0 aliphatic carbocycles. The summed E-state index contributed by atoms with van der Waals surface area (Å²) in [6.07, 6.45) is -3.97. The number of carboxylic acid groups (broad SMARTS) is 1. The normalized spacial score (nSPS) is 14.3. The van der Waals surface area contributed by atoms with Crippen molar-refractivity contribution in [2.75, 3.05) is 38.1 Å². The molecule has 0 bridgehead atoms. The number of amides is 1. The Balaban J connectivity index is 0.000000587. The van der Waals surface area contributed by atoms with E-state index in [0.29, 0.717) is 23.7 Å². The maximum absolute atomic E-state index is 12.7. The molecule has 3 N–H and O–H groups in total. The van der Waals surface area contributed by atoms with Gasteiger partial charge in [0.25, 0.3) is 5.91 Å². The molecule has 3 aromatic carbocycles. The number of carbonyl (C=O) groups is 2. The van der Waals surface area contributed by atoms with E-state index in [9.17, 15) is 23.1 Å². The van der Waals surface area contributed by atoms with Crippen molar-refractivity contribution in [3.8, 4) is 11.5 Å². The summed E-state index contributed by atoms with van der Waals surface area (Å²) in [5.74, 6) is -1.89. The fraction of sp³-hybridized carbons (Fsp3) is 0.333. The Kier molecular flexibility index (Phi) is 11.5. The number of ether oxygens (including phenoxy) is 1. The summed E-state index contributed by atoms with van der Waals surface area (Å²) in [5.41, 5.74) is 3.79. The minimum Gasteiger partial charge on any atom is -0.508 e. The van der Waals surface area contributed by atoms with Crippen LogP contribution in [0.5, 0.6) is 11.5 Å². The highest BCUT2D eigenvalue weighted by Crippen LogP contribution is 2.19. The average molecular weight is 574 g/mol. The summed E-state index contributed by atoms with van der Waals surface area (Å²) in [5, 5.41) is 19.6. The van der Waals surface area contributed by atoms with Crippen LogP contribution in [0.3, 0.4) is 0 Å². The average Bonchev–Trinajstić information content (AvgIpc) is 3.15. The van der Waals surface area contributed by atoms with Gasteiger partial charge >= 0.3 is 12.1 Å². The van der Waals surface area contributed by atoms with Gasteiger partial charge in [0.05, 0.1) is 6.61 Å². The van der Waals surface area contributed by atoms with Gasteiger partial charge in [-0.3, -0.25) is 14.6 Å². The second-order valence-electron chi connectivity index (χ2n) is 9.49. The lowest BCUT2D eigenvalue weighted by molar-refractivity contribution is -0.192. The summed E-state index contributed by atoms with van der Waals surface area (Å²) in [7, 11) is 0. The molecule has 0 aromatic heterocycles. The van der Waals surface area contributed by atoms with Gasteiger partial charge in [-0.05, 0) is 80.0 Å². The van der Waals surface area contributed by atoms with Gasteiger partial charge in [-0.2, -0.15) is 13.2 Å². The number of phenols is 1. The molecule has 41 heavy (non-hydrogen) atoms. The van der Waals surface area contributed by atoms with Crippen LogP contribution in [0.1, 0.15) is 34.8 Å². The second kappa shape index (κ2) is 15.1. The molecule has 0 radical (unpaired) electrons. The largest absolute Gasteiger partial charge is 0.508 e. The van der Waals surface area contributed by atoms with Crippen molar-refractivity contribution in [1.82, 2.24) is 9.80 Å². The maximum Gasteiger partial charge on any atom is 0.490 e. The molecule has 0 spiro atoms. The maximum atomic E-state index is 12.7. The Bertz CT molecular complexity index is 1280. The van der Waals surface area contributed by atoms with E-state index in [4.69, 9.17) is 14.6 Å². The molecule has 11 heteroatoms. The number of hydrogen-bond acceptors (Lipinski definition) is 6. The standard InChI is InChI=1S/C28H33N3O3.C2HF3O2/c1-2-34-27-9-4-7-24(19-27)28(33)29-25-8-3-6-23(18-25)21-31-15-5-14-30(16-17-31)20-22-10-12-26(32)13-11-22;3-2(4,5)1(6)7/h3-4,6-13,18-19,32H,2,5,14-17,20-21H2,1H3,(H,29,33);(H,6,7). The third-order valence-electron chi connectivity index (χ3n) is 6.26. The first-order chi connectivity index (χ1) is 19.5. The number of nitrogens with one attached hydrogen (secondary N) is 1. The number of carbonyl (C=O) groups excluding carboxylic acids is 1. The summed E-state index contributed by atoms with van der Waals surface area (Å²) in [6.45, 7) is 8.37. The molecule has 4 rings (SSSR count). The zero-order valence-corrected chi connectivity index (χ0v) is 22.7. The zero-order chi connectivity index (χ0) is 29.8. The minimum atomic E-state index is -5.08. The van der Waals surface area contributed by atoms with Crippen LogP contribution in [0.25, 0.3) is 0 Å². The second-order valence-corrected chi connectivity index (χ2v) is 9.49. The number of anilines is 1. The van der Waals surface area contributed by atoms with Gasteiger partial charge in [0.1, 0.15) is 11.5 Å². The van der Waals surface area contributed by atoms with Crippen LogP contribution < -0.4 is 10.1 Å². The Morgan fingerprint density at radius 1 is 0.878 bits per heavy atom. The number of phenolic OH excluding ortho intramolecular Hbond substituents is 1. The molecule has 220 valence electrons. The number of rotatable bonds is 8. The predicted octanol–water partition coefficient (Wildman–Crippen LogP) is 5.38. The van der Waals surface area contributed by atoms with Gasteiger partial charge in [0, 0.05) is 37.4 Å². The number of hydrogen-bond donors (Lipinski definition) is 3. The molecular formula is C30H34F3N3O5. The van der Waals surface area contributed by atoms with Gasteiger partial charge in [-0.25, -0.2) is 4.79 Å². The minimum absolute atomic E-state index is 0.140. The zero-order valence-electron chi connectivity index (χ0n) is 22.7. The number of carboxylic acids is 1. The number of alkyl halides is 3.